The van der Waals surface area contributed by atoms with Gasteiger partial charge in [-0.25, -0.2) is 0 Å². The molecule has 0 N–H and O–H groups in total. The molecule has 21 heavy (non-hydrogen) atoms. The van der Waals surface area contributed by atoms with Crippen molar-refractivity contribution in [2.75, 3.05) is 13.2 Å². The lowest BCUT2D eigenvalue weighted by Gasteiger charge is -2.58. The van der Waals surface area contributed by atoms with Crippen molar-refractivity contribution in [1.82, 2.24) is 0 Å². The molecule has 1 heterocycles. The lowest BCUT2D eigenvalue weighted by molar-refractivity contribution is -0.296. The van der Waals surface area contributed by atoms with Crippen LogP contribution in [-0.2, 0) is 18.0 Å². The highest BCUT2D eigenvalue weighted by molar-refractivity contribution is 6.60. The Morgan fingerprint density at radius 2 is 1.76 bits per heavy atom. The highest BCUT2D eigenvalue weighted by Crippen LogP contribution is 2.50. The van der Waals surface area contributed by atoms with Crippen molar-refractivity contribution in [2.24, 2.45) is 5.92 Å². The zero-order valence-electron chi connectivity index (χ0n) is 14.3. The first-order chi connectivity index (χ1) is 10.0. The van der Waals surface area contributed by atoms with E-state index in [4.69, 9.17) is 18.0 Å². The van der Waals surface area contributed by atoms with Crippen LogP contribution in [-0.4, -0.2) is 39.8 Å². The van der Waals surface area contributed by atoms with Gasteiger partial charge < -0.3 is 18.0 Å². The first-order valence-corrected chi connectivity index (χ1v) is 10.6. The van der Waals surface area contributed by atoms with E-state index >= 15 is 0 Å². The van der Waals surface area contributed by atoms with Crippen LogP contribution in [0.2, 0.25) is 6.04 Å². The fourth-order valence-corrected chi connectivity index (χ4v) is 6.30. The molecule has 0 bridgehead atoms. The zero-order chi connectivity index (χ0) is 15.5. The van der Waals surface area contributed by atoms with Gasteiger partial charge in [-0.2, -0.15) is 0 Å². The van der Waals surface area contributed by atoms with Crippen molar-refractivity contribution in [3.8, 4) is 0 Å². The summed E-state index contributed by atoms with van der Waals surface area (Å²) in [5, 5.41) is 0. The van der Waals surface area contributed by atoms with E-state index in [1.165, 1.54) is 25.7 Å². The SMILES string of the molecule is CCO[Si](CC)(OCC)OC(C)C1(C)OC2CCCCC21. The van der Waals surface area contributed by atoms with E-state index in [0.717, 1.165) is 6.04 Å². The molecule has 2 rings (SSSR count). The fraction of sp³-hybridized carbons (Fsp3) is 1.00. The Hall–Kier alpha value is 0.0569. The highest BCUT2D eigenvalue weighted by atomic mass is 28.4. The van der Waals surface area contributed by atoms with Crippen LogP contribution in [0.5, 0.6) is 0 Å². The predicted molar refractivity (Wildman–Crippen MR) is 85.3 cm³/mol. The van der Waals surface area contributed by atoms with E-state index in [0.29, 0.717) is 25.2 Å². The molecule has 4 atom stereocenters. The van der Waals surface area contributed by atoms with Crippen LogP contribution in [0, 0.1) is 5.92 Å². The topological polar surface area (TPSA) is 36.9 Å². The maximum atomic E-state index is 6.39. The summed E-state index contributed by atoms with van der Waals surface area (Å²) >= 11 is 0. The van der Waals surface area contributed by atoms with E-state index in [-0.39, 0.29) is 11.7 Å². The normalized spacial score (nSPS) is 34.1. The first-order valence-electron chi connectivity index (χ1n) is 8.64. The molecule has 1 aliphatic heterocycles. The molecular weight excluding hydrogens is 284 g/mol. The second kappa shape index (κ2) is 7.09. The molecule has 2 fully saturated rings. The summed E-state index contributed by atoms with van der Waals surface area (Å²) in [6, 6.07) is 0.809. The number of hydrogen-bond donors (Lipinski definition) is 0. The van der Waals surface area contributed by atoms with Crippen molar-refractivity contribution < 1.29 is 18.0 Å². The van der Waals surface area contributed by atoms with Crippen LogP contribution >= 0.6 is 0 Å². The minimum Gasteiger partial charge on any atom is -0.374 e. The van der Waals surface area contributed by atoms with Crippen molar-refractivity contribution >= 4 is 8.80 Å². The van der Waals surface area contributed by atoms with Gasteiger partial charge in [0.15, 0.2) is 0 Å². The van der Waals surface area contributed by atoms with Crippen LogP contribution in [0.4, 0.5) is 0 Å². The van der Waals surface area contributed by atoms with Crippen molar-refractivity contribution in [2.45, 2.75) is 84.2 Å². The van der Waals surface area contributed by atoms with Gasteiger partial charge in [0.05, 0.1) is 17.8 Å². The molecule has 4 nitrogen and oxygen atoms in total. The number of hydrogen-bond acceptors (Lipinski definition) is 4. The van der Waals surface area contributed by atoms with Crippen LogP contribution in [0.1, 0.15) is 60.3 Å². The molecule has 0 radical (unpaired) electrons. The maximum absolute atomic E-state index is 6.39. The zero-order valence-corrected chi connectivity index (χ0v) is 15.3. The molecule has 0 aromatic rings. The minimum absolute atomic E-state index is 0.0153. The van der Waals surface area contributed by atoms with Gasteiger partial charge in [0.1, 0.15) is 0 Å². The summed E-state index contributed by atoms with van der Waals surface area (Å²) in [5.41, 5.74) is -0.174. The Morgan fingerprint density at radius 3 is 2.29 bits per heavy atom. The van der Waals surface area contributed by atoms with Gasteiger partial charge >= 0.3 is 8.80 Å². The summed E-state index contributed by atoms with van der Waals surface area (Å²) in [5.74, 6) is 0.632. The third-order valence-electron chi connectivity index (χ3n) is 5.17. The van der Waals surface area contributed by atoms with Crippen LogP contribution in [0.15, 0.2) is 0 Å². The van der Waals surface area contributed by atoms with Gasteiger partial charge in [-0.15, -0.1) is 0 Å². The summed E-state index contributed by atoms with van der Waals surface area (Å²) in [4.78, 5) is 0. The lowest BCUT2D eigenvalue weighted by atomic mass is 9.68. The Balaban J connectivity index is 2.02. The van der Waals surface area contributed by atoms with E-state index in [1.54, 1.807) is 0 Å². The van der Waals surface area contributed by atoms with E-state index in [2.05, 4.69) is 20.8 Å². The molecule has 5 heteroatoms. The lowest BCUT2D eigenvalue weighted by Crippen LogP contribution is -2.67. The van der Waals surface area contributed by atoms with Crippen molar-refractivity contribution in [3.05, 3.63) is 0 Å². The second-order valence-corrected chi connectivity index (χ2v) is 9.28. The quantitative estimate of drug-likeness (QED) is 0.639. The molecule has 1 saturated carbocycles. The van der Waals surface area contributed by atoms with Gasteiger partial charge in [-0.05, 0) is 40.5 Å². The van der Waals surface area contributed by atoms with Crippen LogP contribution in [0.3, 0.4) is 0 Å². The third kappa shape index (κ3) is 3.37. The van der Waals surface area contributed by atoms with Gasteiger partial charge in [-0.1, -0.05) is 19.8 Å². The smallest absolute Gasteiger partial charge is 0.374 e. The molecule has 0 aromatic carbocycles. The van der Waals surface area contributed by atoms with Gasteiger partial charge in [0.2, 0.25) is 0 Å². The largest absolute Gasteiger partial charge is 0.500 e. The fourth-order valence-electron chi connectivity index (χ4n) is 3.86. The number of ether oxygens (including phenoxy) is 1. The summed E-state index contributed by atoms with van der Waals surface area (Å²) in [7, 11) is -2.56. The van der Waals surface area contributed by atoms with Crippen LogP contribution in [0.25, 0.3) is 0 Å². The second-order valence-electron chi connectivity index (χ2n) is 6.39. The Morgan fingerprint density at radius 1 is 1.14 bits per heavy atom. The average molecular weight is 317 g/mol. The first kappa shape index (κ1) is 17.4. The molecule has 1 saturated heterocycles. The predicted octanol–water partition coefficient (Wildman–Crippen LogP) is 3.77. The standard InChI is InChI=1S/C16H32O4Si/c1-6-17-21(8-3,18-7-2)20-13(4)16(5)14-11-9-10-12-15(14)19-16/h13-15H,6-12H2,1-5H3. The molecule has 1 aliphatic carbocycles. The van der Waals surface area contributed by atoms with E-state index in [9.17, 15) is 0 Å². The summed E-state index contributed by atoms with van der Waals surface area (Å²) in [6.45, 7) is 11.7. The monoisotopic (exact) mass is 316 g/mol. The maximum Gasteiger partial charge on any atom is 0.500 e. The highest BCUT2D eigenvalue weighted by Gasteiger charge is 2.58. The number of rotatable bonds is 8. The molecule has 0 amide bonds. The van der Waals surface area contributed by atoms with E-state index in [1.807, 2.05) is 13.8 Å². The molecule has 0 spiro atoms. The van der Waals surface area contributed by atoms with Gasteiger partial charge in [-0.3, -0.25) is 0 Å². The Labute approximate surface area is 130 Å². The average Bonchev–Trinajstić information content (AvgIpc) is 2.46. The number of fused-ring (bicyclic) bond motifs is 1. The third-order valence-corrected chi connectivity index (χ3v) is 8.20. The van der Waals surface area contributed by atoms with E-state index < -0.39 is 8.80 Å². The Bertz CT molecular complexity index is 332. The Kier molecular flexibility index (Phi) is 5.88. The van der Waals surface area contributed by atoms with Crippen LogP contribution < -0.4 is 0 Å². The summed E-state index contributed by atoms with van der Waals surface area (Å²) in [6.07, 6.45) is 5.56. The van der Waals surface area contributed by atoms with Gasteiger partial charge in [0.25, 0.3) is 0 Å². The summed E-state index contributed by atoms with van der Waals surface area (Å²) < 4.78 is 24.5. The van der Waals surface area contributed by atoms with Gasteiger partial charge in [0, 0.05) is 25.2 Å². The molecule has 2 aliphatic rings. The molecule has 0 aromatic heterocycles. The van der Waals surface area contributed by atoms with Crippen molar-refractivity contribution in [1.29, 1.82) is 0 Å². The molecular formula is C16H32O4Si. The molecule has 4 unspecified atom stereocenters. The van der Waals surface area contributed by atoms with Crippen molar-refractivity contribution in [3.63, 3.8) is 0 Å². The minimum atomic E-state index is -2.56. The molecule has 124 valence electrons.